The van der Waals surface area contributed by atoms with Crippen molar-refractivity contribution in [2.75, 3.05) is 0 Å². The smallest absolute Gasteiger partial charge is 0.211 e. The minimum atomic E-state index is -2.19. The zero-order chi connectivity index (χ0) is 15.8. The lowest BCUT2D eigenvalue weighted by Gasteiger charge is -2.28. The van der Waals surface area contributed by atoms with E-state index >= 15 is 0 Å². The largest absolute Gasteiger partial charge is 0.238 e. The molecule has 1 fully saturated rings. The van der Waals surface area contributed by atoms with Crippen LogP contribution in [0.25, 0.3) is 0 Å². The Morgan fingerprint density at radius 1 is 1.09 bits per heavy atom. The summed E-state index contributed by atoms with van der Waals surface area (Å²) in [4.78, 5) is 0. The first-order valence-electron chi connectivity index (χ1n) is 8.12. The first-order valence-corrected chi connectivity index (χ1v) is 8.12. The monoisotopic (exact) mass is 303 g/mol. The van der Waals surface area contributed by atoms with Gasteiger partial charge >= 0.3 is 0 Å². The Morgan fingerprint density at radius 2 is 1.77 bits per heavy atom. The zero-order valence-corrected chi connectivity index (χ0v) is 12.8. The van der Waals surface area contributed by atoms with Crippen molar-refractivity contribution in [1.82, 2.24) is 0 Å². The molecule has 0 radical (unpaired) electrons. The van der Waals surface area contributed by atoms with Crippen LogP contribution in [-0.2, 0) is 0 Å². The number of nitriles is 1. The summed E-state index contributed by atoms with van der Waals surface area (Å²) in [7, 11) is 0. The maximum absolute atomic E-state index is 12.0. The number of benzene rings is 1. The summed E-state index contributed by atoms with van der Waals surface area (Å²) in [6.45, 7) is 0. The van der Waals surface area contributed by atoms with Gasteiger partial charge in [-0.1, -0.05) is 24.3 Å². The highest BCUT2D eigenvalue weighted by Crippen LogP contribution is 2.37. The highest BCUT2D eigenvalue weighted by Gasteiger charge is 2.21. The Bertz CT molecular complexity index is 505. The van der Waals surface area contributed by atoms with Crippen LogP contribution in [0.2, 0.25) is 0 Å². The lowest BCUT2D eigenvalue weighted by molar-refractivity contribution is 0.139. The molecule has 1 aliphatic rings. The Balaban J connectivity index is 1.72. The van der Waals surface area contributed by atoms with Gasteiger partial charge in [0, 0.05) is 6.42 Å². The second-order valence-corrected chi connectivity index (χ2v) is 6.13. The lowest BCUT2D eigenvalue weighted by Crippen LogP contribution is -2.12. The molecule has 1 aliphatic carbocycles. The molecule has 22 heavy (non-hydrogen) atoms. The Hall–Kier alpha value is -1.69. The molecule has 0 saturated heterocycles. The van der Waals surface area contributed by atoms with Crippen molar-refractivity contribution in [3.05, 3.63) is 47.5 Å². The van der Waals surface area contributed by atoms with Crippen LogP contribution in [0, 0.1) is 17.2 Å². The molecule has 2 rings (SSSR count). The molecule has 0 heterocycles. The summed E-state index contributed by atoms with van der Waals surface area (Å²) in [5.74, 6) is 1.30. The number of alkyl halides is 2. The number of hydrogen-bond donors (Lipinski definition) is 0. The number of allylic oxidation sites excluding steroid dienone is 2. The van der Waals surface area contributed by atoms with E-state index in [9.17, 15) is 8.78 Å². The maximum Gasteiger partial charge on any atom is 0.238 e. The van der Waals surface area contributed by atoms with Gasteiger partial charge in [-0.05, 0) is 68.1 Å². The predicted molar refractivity (Wildman–Crippen MR) is 84.9 cm³/mol. The normalized spacial score (nSPS) is 22.1. The summed E-state index contributed by atoms with van der Waals surface area (Å²) in [6.07, 6.45) is 8.03. The van der Waals surface area contributed by atoms with Crippen LogP contribution in [0.3, 0.4) is 0 Å². The molecule has 0 spiro atoms. The number of hydrogen-bond acceptors (Lipinski definition) is 1. The van der Waals surface area contributed by atoms with Crippen LogP contribution in [-0.4, -0.2) is 6.43 Å². The number of halogens is 2. The minimum Gasteiger partial charge on any atom is -0.211 e. The van der Waals surface area contributed by atoms with Gasteiger partial charge in [0.15, 0.2) is 0 Å². The summed E-state index contributed by atoms with van der Waals surface area (Å²) in [5, 5.41) is 8.83. The molecule has 0 amide bonds. The average Bonchev–Trinajstić information content (AvgIpc) is 2.55. The van der Waals surface area contributed by atoms with Gasteiger partial charge in [0.1, 0.15) is 0 Å². The molecule has 0 bridgehead atoms. The highest BCUT2D eigenvalue weighted by atomic mass is 19.3. The summed E-state index contributed by atoms with van der Waals surface area (Å²) in [6, 6.07) is 10.1. The Morgan fingerprint density at radius 3 is 2.36 bits per heavy atom. The SMILES string of the molecule is N#Cc1ccc(C2CCC(CC=CCCC(F)F)CC2)cc1. The fourth-order valence-corrected chi connectivity index (χ4v) is 3.19. The van der Waals surface area contributed by atoms with Gasteiger partial charge in [0.2, 0.25) is 6.43 Å². The Kier molecular flexibility index (Phi) is 6.58. The molecule has 1 aromatic rings. The lowest BCUT2D eigenvalue weighted by atomic mass is 9.77. The van der Waals surface area contributed by atoms with Crippen LogP contribution < -0.4 is 0 Å². The first kappa shape index (κ1) is 16.7. The molecule has 1 aromatic carbocycles. The van der Waals surface area contributed by atoms with Crippen LogP contribution in [0.4, 0.5) is 8.78 Å². The van der Waals surface area contributed by atoms with Crippen LogP contribution in [0.5, 0.6) is 0 Å². The fraction of sp³-hybridized carbons (Fsp3) is 0.526. The third-order valence-electron chi connectivity index (χ3n) is 4.55. The molecule has 3 heteroatoms. The fourth-order valence-electron chi connectivity index (χ4n) is 3.19. The van der Waals surface area contributed by atoms with E-state index in [2.05, 4.69) is 24.3 Å². The van der Waals surface area contributed by atoms with E-state index in [0.29, 0.717) is 23.8 Å². The molecule has 0 unspecified atom stereocenters. The van der Waals surface area contributed by atoms with Crippen molar-refractivity contribution in [3.8, 4) is 6.07 Å². The van der Waals surface area contributed by atoms with E-state index in [1.54, 1.807) is 0 Å². The van der Waals surface area contributed by atoms with Gasteiger partial charge in [-0.3, -0.25) is 0 Å². The van der Waals surface area contributed by atoms with E-state index in [-0.39, 0.29) is 6.42 Å². The van der Waals surface area contributed by atoms with Gasteiger partial charge in [-0.2, -0.15) is 5.26 Å². The van der Waals surface area contributed by atoms with E-state index < -0.39 is 6.43 Å². The molecule has 0 atom stereocenters. The zero-order valence-electron chi connectivity index (χ0n) is 12.8. The van der Waals surface area contributed by atoms with Gasteiger partial charge < -0.3 is 0 Å². The third kappa shape index (κ3) is 5.26. The van der Waals surface area contributed by atoms with E-state index in [1.807, 2.05) is 18.2 Å². The van der Waals surface area contributed by atoms with E-state index in [0.717, 1.165) is 6.42 Å². The van der Waals surface area contributed by atoms with Gasteiger partial charge in [-0.15, -0.1) is 0 Å². The van der Waals surface area contributed by atoms with Crippen LogP contribution in [0.15, 0.2) is 36.4 Å². The van der Waals surface area contributed by atoms with Crippen molar-refractivity contribution < 1.29 is 8.78 Å². The summed E-state index contributed by atoms with van der Waals surface area (Å²) < 4.78 is 24.0. The molecule has 0 aliphatic heterocycles. The van der Waals surface area contributed by atoms with E-state index in [4.69, 9.17) is 5.26 Å². The van der Waals surface area contributed by atoms with Gasteiger partial charge in [0.25, 0.3) is 0 Å². The highest BCUT2D eigenvalue weighted by molar-refractivity contribution is 5.33. The molecule has 1 saturated carbocycles. The first-order chi connectivity index (χ1) is 10.7. The third-order valence-corrected chi connectivity index (χ3v) is 4.55. The number of rotatable bonds is 6. The summed E-state index contributed by atoms with van der Waals surface area (Å²) >= 11 is 0. The molecule has 0 aromatic heterocycles. The molecule has 0 N–H and O–H groups in total. The van der Waals surface area contributed by atoms with Gasteiger partial charge in [0.05, 0.1) is 11.6 Å². The number of nitrogens with zero attached hydrogens (tertiary/aromatic N) is 1. The second-order valence-electron chi connectivity index (χ2n) is 6.13. The predicted octanol–water partition coefficient (Wildman–Crippen LogP) is 5.82. The second kappa shape index (κ2) is 8.68. The molecular formula is C19H23F2N. The minimum absolute atomic E-state index is 0.0259. The molecular weight excluding hydrogens is 280 g/mol. The Labute approximate surface area is 131 Å². The van der Waals surface area contributed by atoms with E-state index in [1.165, 1.54) is 31.2 Å². The van der Waals surface area contributed by atoms with Crippen molar-refractivity contribution >= 4 is 0 Å². The van der Waals surface area contributed by atoms with Crippen molar-refractivity contribution in [3.63, 3.8) is 0 Å². The van der Waals surface area contributed by atoms with Crippen molar-refractivity contribution in [2.45, 2.75) is 57.3 Å². The van der Waals surface area contributed by atoms with Gasteiger partial charge in [-0.25, -0.2) is 8.78 Å². The average molecular weight is 303 g/mol. The van der Waals surface area contributed by atoms with Crippen LogP contribution >= 0.6 is 0 Å². The maximum atomic E-state index is 12.0. The van der Waals surface area contributed by atoms with Crippen molar-refractivity contribution in [1.29, 1.82) is 5.26 Å². The standard InChI is InChI=1S/C19H23F2N/c20-19(21)5-3-1-2-4-15-6-10-17(11-7-15)18-12-8-16(14-22)9-13-18/h1-2,8-9,12-13,15,17,19H,3-7,10-11H2. The quantitative estimate of drug-likeness (QED) is 0.607. The van der Waals surface area contributed by atoms with Crippen LogP contribution in [0.1, 0.15) is 62.0 Å². The summed E-state index contributed by atoms with van der Waals surface area (Å²) in [5.41, 5.74) is 2.05. The molecule has 118 valence electrons. The topological polar surface area (TPSA) is 23.8 Å². The molecule has 1 nitrogen and oxygen atoms in total. The van der Waals surface area contributed by atoms with Crippen molar-refractivity contribution in [2.24, 2.45) is 5.92 Å².